The molecule has 0 radical (unpaired) electrons. The summed E-state index contributed by atoms with van der Waals surface area (Å²) in [6.07, 6.45) is 1.32. The van der Waals surface area contributed by atoms with Crippen molar-refractivity contribution in [2.24, 2.45) is 0 Å². The normalized spacial score (nSPS) is 19.1. The lowest BCUT2D eigenvalue weighted by Crippen LogP contribution is -2.54. The zero-order valence-electron chi connectivity index (χ0n) is 32.8. The van der Waals surface area contributed by atoms with Crippen molar-refractivity contribution in [2.75, 3.05) is 82.4 Å². The fourth-order valence-corrected chi connectivity index (χ4v) is 9.71. The van der Waals surface area contributed by atoms with Gasteiger partial charge >= 0.3 is 0 Å². The molecule has 1 unspecified atom stereocenters. The summed E-state index contributed by atoms with van der Waals surface area (Å²) in [5, 5.41) is 3.23. The standard InChI is InChI=1S/C45H45FN6O6S/c1-57-34-12-14-36-39(28-34)59-42(29-3-5-30(46)6-4-29)41(36)58-33-10-7-31(8-11-33)50-23-19-48(20-24-50)17-2-18-49-21-25-51(26-22-49)32-9-13-35-37(27-32)45(56)52(44(35)55)38-15-16-40(53)47-43(38)54/h3-14,27-28,38H,2,15-26H2,1H3,(H,47,53,54). The van der Waals surface area contributed by atoms with Gasteiger partial charge in [0.15, 0.2) is 5.75 Å². The average Bonchev–Trinajstić information content (AvgIpc) is 3.74. The summed E-state index contributed by atoms with van der Waals surface area (Å²) in [7, 11) is 1.65. The molecule has 12 nitrogen and oxygen atoms in total. The SMILES string of the molecule is COc1ccc2c(Oc3ccc(N4CCN(CCCN5CCN(c6ccc7c(c6)C(=O)N(C6CCC(=O)NC6=O)C7=O)CC5)CC4)cc3)c(-c3ccc(F)cc3)sc2c1. The van der Waals surface area contributed by atoms with Crippen LogP contribution in [0.15, 0.2) is 84.9 Å². The molecule has 1 atom stereocenters. The Morgan fingerprint density at radius 2 is 1.34 bits per heavy atom. The number of thiophene rings is 1. The van der Waals surface area contributed by atoms with E-state index in [9.17, 15) is 23.6 Å². The van der Waals surface area contributed by atoms with E-state index in [0.29, 0.717) is 11.1 Å². The molecule has 9 rings (SSSR count). The van der Waals surface area contributed by atoms with Crippen molar-refractivity contribution in [3.05, 3.63) is 102 Å². The average molecular weight is 817 g/mol. The van der Waals surface area contributed by atoms with Gasteiger partial charge in [0.2, 0.25) is 11.8 Å². The highest BCUT2D eigenvalue weighted by atomic mass is 32.1. The molecule has 304 valence electrons. The van der Waals surface area contributed by atoms with Crippen LogP contribution in [0.2, 0.25) is 0 Å². The molecule has 14 heteroatoms. The molecular weight excluding hydrogens is 772 g/mol. The number of carbonyl (C=O) groups is 4. The van der Waals surface area contributed by atoms with Gasteiger partial charge in [0.05, 0.1) is 23.1 Å². The lowest BCUT2D eigenvalue weighted by Gasteiger charge is -2.38. The number of hydrogen-bond donors (Lipinski definition) is 1. The molecule has 3 saturated heterocycles. The molecule has 1 N–H and O–H groups in total. The fraction of sp³-hybridized carbons (Fsp3) is 0.333. The van der Waals surface area contributed by atoms with Gasteiger partial charge in [-0.25, -0.2) is 4.39 Å². The van der Waals surface area contributed by atoms with Crippen LogP contribution in [-0.4, -0.2) is 117 Å². The van der Waals surface area contributed by atoms with E-state index in [2.05, 4.69) is 37.0 Å². The smallest absolute Gasteiger partial charge is 0.262 e. The molecule has 0 spiro atoms. The number of amides is 4. The summed E-state index contributed by atoms with van der Waals surface area (Å²) in [4.78, 5) is 62.1. The number of imide groups is 2. The van der Waals surface area contributed by atoms with Crippen LogP contribution in [-0.2, 0) is 9.59 Å². The van der Waals surface area contributed by atoms with Gasteiger partial charge in [0.1, 0.15) is 23.4 Å². The number of halogens is 1. The third kappa shape index (κ3) is 7.87. The predicted octanol–water partition coefficient (Wildman–Crippen LogP) is 6.24. The Bertz CT molecular complexity index is 2410. The maximum Gasteiger partial charge on any atom is 0.262 e. The van der Waals surface area contributed by atoms with Crippen molar-refractivity contribution < 1.29 is 33.0 Å². The first-order valence-electron chi connectivity index (χ1n) is 20.2. The summed E-state index contributed by atoms with van der Waals surface area (Å²) < 4.78 is 26.8. The summed E-state index contributed by atoms with van der Waals surface area (Å²) in [6.45, 7) is 9.40. The summed E-state index contributed by atoms with van der Waals surface area (Å²) in [6, 6.07) is 25.1. The van der Waals surface area contributed by atoms with Crippen LogP contribution in [0.5, 0.6) is 17.2 Å². The number of hydrogen-bond acceptors (Lipinski definition) is 11. The molecule has 0 saturated carbocycles. The topological polar surface area (TPSA) is 115 Å². The van der Waals surface area contributed by atoms with Gasteiger partial charge in [-0.2, -0.15) is 0 Å². The zero-order chi connectivity index (χ0) is 40.6. The Hall–Kier alpha value is -5.83. The lowest BCUT2D eigenvalue weighted by molar-refractivity contribution is -0.136. The molecule has 4 aromatic carbocycles. The molecule has 59 heavy (non-hydrogen) atoms. The molecule has 0 aliphatic carbocycles. The van der Waals surface area contributed by atoms with Gasteiger partial charge < -0.3 is 19.3 Å². The van der Waals surface area contributed by atoms with E-state index in [0.717, 1.165) is 120 Å². The number of carbonyl (C=O) groups excluding carboxylic acids is 4. The highest BCUT2D eigenvalue weighted by Crippen LogP contribution is 2.47. The van der Waals surface area contributed by atoms with Crippen molar-refractivity contribution in [1.82, 2.24) is 20.0 Å². The first-order valence-corrected chi connectivity index (χ1v) is 21.0. The van der Waals surface area contributed by atoms with E-state index in [1.54, 1.807) is 42.7 Å². The fourth-order valence-electron chi connectivity index (χ4n) is 8.55. The van der Waals surface area contributed by atoms with E-state index in [1.807, 2.05) is 36.4 Å². The number of fused-ring (bicyclic) bond motifs is 2. The minimum atomic E-state index is -0.967. The van der Waals surface area contributed by atoms with Crippen LogP contribution >= 0.6 is 11.3 Å². The Balaban J connectivity index is 0.735. The quantitative estimate of drug-likeness (QED) is 0.154. The van der Waals surface area contributed by atoms with E-state index >= 15 is 0 Å². The number of piperidine rings is 1. The number of rotatable bonds is 11. The van der Waals surface area contributed by atoms with Gasteiger partial charge in [0, 0.05) is 80.2 Å². The number of anilines is 2. The number of methoxy groups -OCH3 is 1. The first-order chi connectivity index (χ1) is 28.7. The minimum Gasteiger partial charge on any atom is -0.497 e. The van der Waals surface area contributed by atoms with E-state index in [4.69, 9.17) is 9.47 Å². The number of nitrogens with one attached hydrogen (secondary N) is 1. The summed E-state index contributed by atoms with van der Waals surface area (Å²) in [5.41, 5.74) is 3.57. The van der Waals surface area contributed by atoms with E-state index < -0.39 is 23.8 Å². The number of ether oxygens (including phenoxy) is 2. The molecule has 5 aromatic rings. The predicted molar refractivity (Wildman–Crippen MR) is 225 cm³/mol. The Morgan fingerprint density at radius 1 is 0.712 bits per heavy atom. The van der Waals surface area contributed by atoms with E-state index in [1.165, 1.54) is 17.8 Å². The van der Waals surface area contributed by atoms with Crippen LogP contribution in [0.3, 0.4) is 0 Å². The van der Waals surface area contributed by atoms with Crippen molar-refractivity contribution in [3.8, 4) is 27.7 Å². The largest absolute Gasteiger partial charge is 0.497 e. The second-order valence-electron chi connectivity index (χ2n) is 15.4. The number of benzene rings is 4. The third-order valence-electron chi connectivity index (χ3n) is 11.9. The number of nitrogens with zero attached hydrogens (tertiary/aromatic N) is 5. The third-order valence-corrected chi connectivity index (χ3v) is 13.0. The van der Waals surface area contributed by atoms with Crippen molar-refractivity contribution in [3.63, 3.8) is 0 Å². The van der Waals surface area contributed by atoms with Crippen LogP contribution in [0, 0.1) is 5.82 Å². The monoisotopic (exact) mass is 816 g/mol. The molecule has 5 heterocycles. The maximum absolute atomic E-state index is 13.8. The Morgan fingerprint density at radius 3 is 2.00 bits per heavy atom. The Kier molecular flexibility index (Phi) is 10.8. The Labute approximate surface area is 345 Å². The van der Waals surface area contributed by atoms with E-state index in [-0.39, 0.29) is 24.6 Å². The zero-order valence-corrected chi connectivity index (χ0v) is 33.6. The minimum absolute atomic E-state index is 0.0965. The van der Waals surface area contributed by atoms with Gasteiger partial charge in [-0.15, -0.1) is 11.3 Å². The van der Waals surface area contributed by atoms with Crippen LogP contribution < -0.4 is 24.6 Å². The van der Waals surface area contributed by atoms with Crippen molar-refractivity contribution in [1.29, 1.82) is 0 Å². The van der Waals surface area contributed by atoms with Gasteiger partial charge in [-0.05, 0) is 104 Å². The highest BCUT2D eigenvalue weighted by molar-refractivity contribution is 7.22. The van der Waals surface area contributed by atoms with Crippen LogP contribution in [0.25, 0.3) is 20.5 Å². The van der Waals surface area contributed by atoms with Crippen molar-refractivity contribution in [2.45, 2.75) is 25.3 Å². The highest BCUT2D eigenvalue weighted by Gasteiger charge is 2.44. The molecular formula is C45H45FN6O6S. The van der Waals surface area contributed by atoms with Gasteiger partial charge in [-0.1, -0.05) is 12.1 Å². The molecule has 4 aliphatic rings. The number of piperazine rings is 2. The van der Waals surface area contributed by atoms with Gasteiger partial charge in [-0.3, -0.25) is 39.2 Å². The molecule has 1 aromatic heterocycles. The van der Waals surface area contributed by atoms with Crippen LogP contribution in [0.4, 0.5) is 15.8 Å². The molecule has 4 amide bonds. The molecule has 4 aliphatic heterocycles. The van der Waals surface area contributed by atoms with Gasteiger partial charge in [0.25, 0.3) is 11.8 Å². The second-order valence-corrected chi connectivity index (χ2v) is 16.5. The first kappa shape index (κ1) is 38.7. The summed E-state index contributed by atoms with van der Waals surface area (Å²) in [5.74, 6) is 0.0339. The van der Waals surface area contributed by atoms with Crippen molar-refractivity contribution >= 4 is 56.4 Å². The molecule has 0 bridgehead atoms. The lowest BCUT2D eigenvalue weighted by atomic mass is 10.0. The molecule has 3 fully saturated rings. The second kappa shape index (κ2) is 16.4. The van der Waals surface area contributed by atoms with Crippen LogP contribution in [0.1, 0.15) is 40.0 Å². The maximum atomic E-state index is 13.8. The summed E-state index contributed by atoms with van der Waals surface area (Å²) >= 11 is 1.60.